The molecule has 0 aliphatic heterocycles. The Bertz CT molecular complexity index is 1540. The molecule has 0 aromatic carbocycles. The maximum atomic E-state index is 12.8. The summed E-state index contributed by atoms with van der Waals surface area (Å²) in [5, 5.41) is 28.0. The Labute approximate surface area is 486 Å². The fourth-order valence-electron chi connectivity index (χ4n) is 9.46. The number of amides is 2. The van der Waals surface area contributed by atoms with Crippen LogP contribution in [0.1, 0.15) is 246 Å². The molecule has 0 saturated heterocycles. The molecule has 16 nitrogen and oxygen atoms in total. The van der Waals surface area contributed by atoms with Crippen LogP contribution in [0.3, 0.4) is 0 Å². The summed E-state index contributed by atoms with van der Waals surface area (Å²) in [5.41, 5.74) is 0. The summed E-state index contributed by atoms with van der Waals surface area (Å²) in [7, 11) is 7.56. The third kappa shape index (κ3) is 49.9. The second kappa shape index (κ2) is 50.8. The van der Waals surface area contributed by atoms with E-state index in [1.807, 2.05) is 40.3 Å². The summed E-state index contributed by atoms with van der Waals surface area (Å²) in [6.45, 7) is 10.2. The van der Waals surface area contributed by atoms with Crippen LogP contribution in [0.5, 0.6) is 0 Å². The predicted octanol–water partition coefficient (Wildman–Crippen LogP) is 11.5. The number of nitrogens with zero attached hydrogens (tertiary/aromatic N) is 2. The van der Waals surface area contributed by atoms with E-state index in [0.29, 0.717) is 60.6 Å². The topological polar surface area (TPSA) is 204 Å². The fourth-order valence-corrected chi connectivity index (χ4v) is 9.46. The van der Waals surface area contributed by atoms with E-state index in [-0.39, 0.29) is 62.0 Å². The van der Waals surface area contributed by atoms with Gasteiger partial charge >= 0.3 is 23.9 Å². The van der Waals surface area contributed by atoms with Crippen LogP contribution < -0.4 is 10.6 Å². The minimum Gasteiger partial charge on any atom is -0.460 e. The molecule has 16 heteroatoms. The second-order valence-corrected chi connectivity index (χ2v) is 23.8. The van der Waals surface area contributed by atoms with Crippen LogP contribution in [0.15, 0.2) is 24.3 Å². The van der Waals surface area contributed by atoms with Gasteiger partial charge in [-0.25, -0.2) is 9.59 Å². The average Bonchev–Trinajstić information content (AvgIpc) is 3.38. The van der Waals surface area contributed by atoms with Gasteiger partial charge in [0.05, 0.1) is 40.4 Å². The minimum atomic E-state index is -0.756. The van der Waals surface area contributed by atoms with Gasteiger partial charge < -0.3 is 48.8 Å². The van der Waals surface area contributed by atoms with E-state index in [1.165, 1.54) is 52.4 Å². The van der Waals surface area contributed by atoms with Crippen LogP contribution >= 0.6 is 0 Å². The molecule has 4 atom stereocenters. The number of hydrogen-bond donors (Lipinski definition) is 4. The molecule has 80 heavy (non-hydrogen) atoms. The maximum Gasteiger partial charge on any atom is 0.362 e. The normalized spacial score (nSPS) is 13.5. The lowest BCUT2D eigenvalue weighted by atomic mass is 10.0. The molecule has 4 unspecified atom stereocenters. The molecule has 0 rings (SSSR count). The molecule has 466 valence electrons. The molecule has 0 heterocycles. The zero-order valence-electron chi connectivity index (χ0n) is 52.2. The molecule has 0 aliphatic rings. The van der Waals surface area contributed by atoms with Crippen LogP contribution in [0.4, 0.5) is 0 Å². The lowest BCUT2D eigenvalue weighted by molar-refractivity contribution is -0.883. The highest BCUT2D eigenvalue weighted by atomic mass is 16.6. The number of allylic oxidation sites excluding steroid dienone is 2. The van der Waals surface area contributed by atoms with Crippen LogP contribution in [-0.4, -0.2) is 160 Å². The largest absolute Gasteiger partial charge is 0.460 e. The number of esters is 4. The number of rotatable bonds is 55. The molecule has 2 amide bonds. The molecule has 0 radical (unpaired) electrons. The van der Waals surface area contributed by atoms with Crippen LogP contribution in [0.2, 0.25) is 0 Å². The van der Waals surface area contributed by atoms with Gasteiger partial charge in [0.1, 0.15) is 38.5 Å². The third-order valence-electron chi connectivity index (χ3n) is 14.6. The molecular weight excluding hydrogens is 1020 g/mol. The molecular formula is C64H120N4O12+2. The van der Waals surface area contributed by atoms with Crippen molar-refractivity contribution < 1.29 is 66.9 Å². The second-order valence-electron chi connectivity index (χ2n) is 23.8. The summed E-state index contributed by atoms with van der Waals surface area (Å²) in [4.78, 5) is 72.4. The number of aliphatic hydroxyl groups excluding tert-OH is 2. The first kappa shape index (κ1) is 76.1. The van der Waals surface area contributed by atoms with Gasteiger partial charge in [-0.2, -0.15) is 0 Å². The Morgan fingerprint density at radius 1 is 0.438 bits per heavy atom. The van der Waals surface area contributed by atoms with Crippen molar-refractivity contribution in [1.82, 2.24) is 10.6 Å². The Balaban J connectivity index is 3.86. The Kier molecular flexibility index (Phi) is 48.4. The quantitative estimate of drug-likeness (QED) is 0.0148. The van der Waals surface area contributed by atoms with Crippen molar-refractivity contribution in [3.8, 4) is 0 Å². The van der Waals surface area contributed by atoms with Crippen LogP contribution in [0.25, 0.3) is 0 Å². The van der Waals surface area contributed by atoms with Gasteiger partial charge in [-0.1, -0.05) is 154 Å². The SMILES string of the molecule is CCCCCC(OC(=O)C[N+](C)(C)CCOC(C)=O)C(O)CC=CCCCCCCCC(=O)NCCCCCCCCCCCCNC(=O)CCCCCCCC=CCC(O)C(CCCCC)OC(=O)C[N+](C)(C)CCOC(C)=O. The first-order valence-corrected chi connectivity index (χ1v) is 31.8. The van der Waals surface area contributed by atoms with Crippen molar-refractivity contribution in [1.29, 1.82) is 0 Å². The number of ether oxygens (including phenoxy) is 4. The van der Waals surface area contributed by atoms with E-state index >= 15 is 0 Å². The zero-order chi connectivity index (χ0) is 59.5. The van der Waals surface area contributed by atoms with Gasteiger partial charge in [0.2, 0.25) is 11.8 Å². The van der Waals surface area contributed by atoms with Gasteiger partial charge in [-0.3, -0.25) is 19.2 Å². The lowest BCUT2D eigenvalue weighted by Gasteiger charge is -2.30. The smallest absolute Gasteiger partial charge is 0.362 e. The van der Waals surface area contributed by atoms with Crippen molar-refractivity contribution in [3.05, 3.63) is 24.3 Å². The van der Waals surface area contributed by atoms with Crippen molar-refractivity contribution in [2.75, 3.05) is 80.7 Å². The van der Waals surface area contributed by atoms with E-state index in [4.69, 9.17) is 18.9 Å². The van der Waals surface area contributed by atoms with Crippen LogP contribution in [0, 0.1) is 0 Å². The number of carbonyl (C=O) groups excluding carboxylic acids is 6. The van der Waals surface area contributed by atoms with Gasteiger partial charge in [0.15, 0.2) is 13.1 Å². The van der Waals surface area contributed by atoms with E-state index in [0.717, 1.165) is 154 Å². The summed E-state index contributed by atoms with van der Waals surface area (Å²) in [6.07, 6.45) is 38.9. The molecule has 0 saturated carbocycles. The number of aliphatic hydroxyl groups is 2. The molecule has 0 aromatic heterocycles. The molecule has 0 spiro atoms. The summed E-state index contributed by atoms with van der Waals surface area (Å²) >= 11 is 0. The van der Waals surface area contributed by atoms with E-state index in [1.54, 1.807) is 0 Å². The summed E-state index contributed by atoms with van der Waals surface area (Å²) in [5.74, 6) is -1.09. The summed E-state index contributed by atoms with van der Waals surface area (Å²) < 4.78 is 22.3. The van der Waals surface area contributed by atoms with Crippen molar-refractivity contribution in [3.63, 3.8) is 0 Å². The molecule has 4 N–H and O–H groups in total. The van der Waals surface area contributed by atoms with Gasteiger partial charge in [-0.15, -0.1) is 0 Å². The highest BCUT2D eigenvalue weighted by molar-refractivity contribution is 5.76. The summed E-state index contributed by atoms with van der Waals surface area (Å²) in [6, 6.07) is 0. The first-order valence-electron chi connectivity index (χ1n) is 31.8. The Hall–Kier alpha value is -3.86. The number of quaternary nitrogens is 2. The number of nitrogens with one attached hydrogen (secondary N) is 2. The predicted molar refractivity (Wildman–Crippen MR) is 321 cm³/mol. The van der Waals surface area contributed by atoms with E-state index in [9.17, 15) is 39.0 Å². The Morgan fingerprint density at radius 3 is 1.10 bits per heavy atom. The minimum absolute atomic E-state index is 0.135. The number of unbranched alkanes of at least 4 members (excludes halogenated alkanes) is 23. The molecule has 0 bridgehead atoms. The van der Waals surface area contributed by atoms with Crippen molar-refractivity contribution in [2.45, 2.75) is 270 Å². The van der Waals surface area contributed by atoms with E-state index < -0.39 is 24.4 Å². The van der Waals surface area contributed by atoms with Gasteiger partial charge in [-0.05, 0) is 89.9 Å². The number of carbonyl (C=O) groups is 6. The van der Waals surface area contributed by atoms with Crippen LogP contribution in [-0.2, 0) is 47.7 Å². The first-order chi connectivity index (χ1) is 38.3. The van der Waals surface area contributed by atoms with Gasteiger partial charge in [0, 0.05) is 39.8 Å². The number of hydrogen-bond acceptors (Lipinski definition) is 12. The maximum absolute atomic E-state index is 12.8. The third-order valence-corrected chi connectivity index (χ3v) is 14.6. The molecule has 0 aromatic rings. The van der Waals surface area contributed by atoms with E-state index in [2.05, 4.69) is 36.6 Å². The monoisotopic (exact) mass is 1140 g/mol. The molecule has 0 aliphatic carbocycles. The lowest BCUT2D eigenvalue weighted by Crippen LogP contribution is -2.47. The zero-order valence-corrected chi connectivity index (χ0v) is 52.2. The van der Waals surface area contributed by atoms with Gasteiger partial charge in [0.25, 0.3) is 0 Å². The van der Waals surface area contributed by atoms with Crippen molar-refractivity contribution in [2.24, 2.45) is 0 Å². The highest BCUT2D eigenvalue weighted by Gasteiger charge is 2.29. The molecule has 0 fully saturated rings. The number of likely N-dealkylation sites (N-methyl/N-ethyl adjacent to an activating group) is 2. The fraction of sp³-hybridized carbons (Fsp3) is 0.844. The highest BCUT2D eigenvalue weighted by Crippen LogP contribution is 2.18. The standard InChI is InChI=1S/C64H118N4O12/c1-9-11-33-43-59(79-63(75)53-67(5,6)49-51-77-55(3)69)57(71)41-35-27-21-15-17-23-29-37-45-61(73)65-47-39-31-25-19-13-14-20-26-32-40-48-66-62(74)46-38-30-24-18-16-22-28-36-42-58(72)60(44-34-12-10-2)80-64(76)54-68(7,8)50-52-78-56(4)70/h27-28,35-36,57-60,71-72H,9-26,29-34,37-54H2,1-8H3/p+2. The Morgan fingerprint density at radius 2 is 0.762 bits per heavy atom. The average molecular weight is 1140 g/mol. The van der Waals surface area contributed by atoms with Crippen molar-refractivity contribution >= 4 is 35.7 Å².